The van der Waals surface area contributed by atoms with Gasteiger partial charge in [-0.05, 0) is 52.4 Å². The molecule has 1 amide bonds. The number of nitrogens with one attached hydrogen (secondary N) is 1. The quantitative estimate of drug-likeness (QED) is 0.441. The Hall–Kier alpha value is -2.52. The first-order valence-electron chi connectivity index (χ1n) is 8.30. The number of hydrogen-bond acceptors (Lipinski definition) is 5. The van der Waals surface area contributed by atoms with Gasteiger partial charge in [0.25, 0.3) is 11.6 Å². The third-order valence-corrected chi connectivity index (χ3v) is 5.38. The molecular formula is C18H17BrN4O3S. The standard InChI is InChI=1S/C18H17BrN4O3S/c19-16-4-2-1-3-15(16)17(24)20-18(27)22-11-9-21(10-12-22)13-5-7-14(8-6-13)23(25)26/h1-8H,9-12H2,(H,20,24,27). The van der Waals surface area contributed by atoms with E-state index in [0.29, 0.717) is 41.3 Å². The lowest BCUT2D eigenvalue weighted by atomic mass is 10.2. The summed E-state index contributed by atoms with van der Waals surface area (Å²) in [5, 5.41) is 13.9. The van der Waals surface area contributed by atoms with Crippen LogP contribution in [0.2, 0.25) is 0 Å². The molecule has 1 N–H and O–H groups in total. The second-order valence-corrected chi connectivity index (χ2v) is 7.23. The van der Waals surface area contributed by atoms with Gasteiger partial charge in [-0.15, -0.1) is 0 Å². The molecule has 0 spiro atoms. The van der Waals surface area contributed by atoms with E-state index < -0.39 is 4.92 Å². The van der Waals surface area contributed by atoms with E-state index in [4.69, 9.17) is 12.2 Å². The summed E-state index contributed by atoms with van der Waals surface area (Å²) in [5.41, 5.74) is 1.54. The van der Waals surface area contributed by atoms with E-state index in [-0.39, 0.29) is 11.6 Å². The second kappa shape index (κ2) is 8.45. The first kappa shape index (κ1) is 19.2. The molecule has 9 heteroatoms. The number of nitro groups is 1. The van der Waals surface area contributed by atoms with Crippen LogP contribution in [0.5, 0.6) is 0 Å². The van der Waals surface area contributed by atoms with Crippen LogP contribution in [0.1, 0.15) is 10.4 Å². The topological polar surface area (TPSA) is 78.7 Å². The summed E-state index contributed by atoms with van der Waals surface area (Å²) in [6, 6.07) is 13.7. The van der Waals surface area contributed by atoms with E-state index in [1.807, 2.05) is 11.0 Å². The van der Waals surface area contributed by atoms with Crippen LogP contribution in [-0.4, -0.2) is 47.0 Å². The maximum atomic E-state index is 12.4. The minimum absolute atomic E-state index is 0.0772. The van der Waals surface area contributed by atoms with Gasteiger partial charge in [0.1, 0.15) is 0 Å². The summed E-state index contributed by atoms with van der Waals surface area (Å²) in [6.07, 6.45) is 0. The SMILES string of the molecule is O=C(NC(=S)N1CCN(c2ccc([N+](=O)[O-])cc2)CC1)c1ccccc1Br. The molecule has 2 aromatic carbocycles. The highest BCUT2D eigenvalue weighted by atomic mass is 79.9. The fourth-order valence-electron chi connectivity index (χ4n) is 2.84. The number of halogens is 1. The van der Waals surface area contributed by atoms with Crippen LogP contribution < -0.4 is 10.2 Å². The van der Waals surface area contributed by atoms with Crippen LogP contribution >= 0.6 is 28.1 Å². The number of nitrogens with zero attached hydrogens (tertiary/aromatic N) is 3. The van der Waals surface area contributed by atoms with Crippen molar-refractivity contribution in [2.45, 2.75) is 0 Å². The van der Waals surface area contributed by atoms with E-state index in [0.717, 1.165) is 5.69 Å². The van der Waals surface area contributed by atoms with E-state index in [1.165, 1.54) is 12.1 Å². The molecule has 7 nitrogen and oxygen atoms in total. The maximum absolute atomic E-state index is 12.4. The van der Waals surface area contributed by atoms with Gasteiger partial charge in [0.15, 0.2) is 5.11 Å². The highest BCUT2D eigenvalue weighted by Gasteiger charge is 2.21. The average Bonchev–Trinajstić information content (AvgIpc) is 2.68. The molecule has 1 saturated heterocycles. The van der Waals surface area contributed by atoms with Gasteiger partial charge >= 0.3 is 0 Å². The molecule has 1 heterocycles. The number of hydrogen-bond donors (Lipinski definition) is 1. The van der Waals surface area contributed by atoms with Crippen molar-refractivity contribution in [3.8, 4) is 0 Å². The van der Waals surface area contributed by atoms with Crippen LogP contribution in [0.15, 0.2) is 53.0 Å². The zero-order valence-electron chi connectivity index (χ0n) is 14.3. The van der Waals surface area contributed by atoms with Crippen molar-refractivity contribution >= 4 is 50.5 Å². The molecule has 0 atom stereocenters. The number of rotatable bonds is 3. The van der Waals surface area contributed by atoms with Crippen molar-refractivity contribution < 1.29 is 9.72 Å². The summed E-state index contributed by atoms with van der Waals surface area (Å²) in [7, 11) is 0. The second-order valence-electron chi connectivity index (χ2n) is 5.99. The predicted octanol–water partition coefficient (Wildman–Crippen LogP) is 3.19. The Bertz CT molecular complexity index is 867. The van der Waals surface area contributed by atoms with Gasteiger partial charge in [-0.3, -0.25) is 20.2 Å². The molecule has 2 aromatic rings. The molecule has 1 fully saturated rings. The number of carbonyl (C=O) groups is 1. The number of anilines is 1. The number of piperazine rings is 1. The Labute approximate surface area is 170 Å². The summed E-state index contributed by atoms with van der Waals surface area (Å²) in [5.74, 6) is -0.245. The van der Waals surface area contributed by atoms with Crippen molar-refractivity contribution in [1.82, 2.24) is 10.2 Å². The van der Waals surface area contributed by atoms with Crippen LogP contribution in [0, 0.1) is 10.1 Å². The smallest absolute Gasteiger partial charge is 0.269 e. The number of amides is 1. The Kier molecular flexibility index (Phi) is 6.02. The summed E-state index contributed by atoms with van der Waals surface area (Å²) in [6.45, 7) is 2.74. The number of benzene rings is 2. The van der Waals surface area contributed by atoms with Crippen LogP contribution in [0.25, 0.3) is 0 Å². The lowest BCUT2D eigenvalue weighted by Crippen LogP contribution is -2.52. The highest BCUT2D eigenvalue weighted by Crippen LogP contribution is 2.21. The molecule has 0 radical (unpaired) electrons. The molecule has 0 aliphatic carbocycles. The molecule has 140 valence electrons. The lowest BCUT2D eigenvalue weighted by Gasteiger charge is -2.37. The molecule has 3 rings (SSSR count). The van der Waals surface area contributed by atoms with Crippen LogP contribution in [-0.2, 0) is 0 Å². The number of nitro benzene ring substituents is 1. The molecule has 0 unspecified atom stereocenters. The zero-order valence-corrected chi connectivity index (χ0v) is 16.7. The van der Waals surface area contributed by atoms with Crippen molar-refractivity contribution in [3.05, 3.63) is 68.7 Å². The Balaban J connectivity index is 1.55. The van der Waals surface area contributed by atoms with Crippen LogP contribution in [0.4, 0.5) is 11.4 Å². The minimum atomic E-state index is -0.409. The Morgan fingerprint density at radius 3 is 2.30 bits per heavy atom. The van der Waals surface area contributed by atoms with E-state index in [9.17, 15) is 14.9 Å². The van der Waals surface area contributed by atoms with Gasteiger partial charge in [-0.25, -0.2) is 0 Å². The molecule has 0 aromatic heterocycles. The van der Waals surface area contributed by atoms with Crippen LogP contribution in [0.3, 0.4) is 0 Å². The third-order valence-electron chi connectivity index (χ3n) is 4.33. The minimum Gasteiger partial charge on any atom is -0.368 e. The van der Waals surface area contributed by atoms with E-state index in [2.05, 4.69) is 26.1 Å². The molecule has 27 heavy (non-hydrogen) atoms. The molecule has 0 bridgehead atoms. The van der Waals surface area contributed by atoms with Crippen molar-refractivity contribution in [2.75, 3.05) is 31.1 Å². The first-order chi connectivity index (χ1) is 13.0. The monoisotopic (exact) mass is 448 g/mol. The molecule has 1 aliphatic rings. The van der Waals surface area contributed by atoms with Gasteiger partial charge in [-0.1, -0.05) is 12.1 Å². The Morgan fingerprint density at radius 2 is 1.70 bits per heavy atom. The molecular weight excluding hydrogens is 432 g/mol. The van der Waals surface area contributed by atoms with E-state index in [1.54, 1.807) is 30.3 Å². The van der Waals surface area contributed by atoms with Gasteiger partial charge in [0.2, 0.25) is 0 Å². The average molecular weight is 449 g/mol. The number of non-ortho nitro benzene ring substituents is 1. The summed E-state index contributed by atoms with van der Waals surface area (Å²) >= 11 is 8.74. The van der Waals surface area contributed by atoms with Gasteiger partial charge in [0, 0.05) is 48.5 Å². The molecule has 1 aliphatic heterocycles. The van der Waals surface area contributed by atoms with Gasteiger partial charge in [0.05, 0.1) is 10.5 Å². The molecule has 0 saturated carbocycles. The Morgan fingerprint density at radius 1 is 1.07 bits per heavy atom. The maximum Gasteiger partial charge on any atom is 0.269 e. The number of thiocarbonyl (C=S) groups is 1. The van der Waals surface area contributed by atoms with E-state index >= 15 is 0 Å². The van der Waals surface area contributed by atoms with Crippen molar-refractivity contribution in [1.29, 1.82) is 0 Å². The van der Waals surface area contributed by atoms with Gasteiger partial charge in [-0.2, -0.15) is 0 Å². The summed E-state index contributed by atoms with van der Waals surface area (Å²) < 4.78 is 0.716. The van der Waals surface area contributed by atoms with Crippen molar-refractivity contribution in [2.24, 2.45) is 0 Å². The third kappa shape index (κ3) is 4.61. The first-order valence-corrected chi connectivity index (χ1v) is 9.50. The normalized spacial score (nSPS) is 14.0. The fourth-order valence-corrected chi connectivity index (χ4v) is 3.58. The number of carbonyl (C=O) groups excluding carboxylic acids is 1. The summed E-state index contributed by atoms with van der Waals surface area (Å²) in [4.78, 5) is 26.8. The fraction of sp³-hybridized carbons (Fsp3) is 0.222. The predicted molar refractivity (Wildman–Crippen MR) is 111 cm³/mol. The highest BCUT2D eigenvalue weighted by molar-refractivity contribution is 9.10. The van der Waals surface area contributed by atoms with Gasteiger partial charge < -0.3 is 9.80 Å². The largest absolute Gasteiger partial charge is 0.368 e. The van der Waals surface area contributed by atoms with Crippen molar-refractivity contribution in [3.63, 3.8) is 0 Å². The lowest BCUT2D eigenvalue weighted by molar-refractivity contribution is -0.384. The zero-order chi connectivity index (χ0) is 19.4.